The van der Waals surface area contributed by atoms with Crippen LogP contribution in [0.1, 0.15) is 22.0 Å². The first-order valence-electron chi connectivity index (χ1n) is 6.74. The molecule has 110 valence electrons. The van der Waals surface area contributed by atoms with Crippen LogP contribution in [0.5, 0.6) is 5.75 Å². The van der Waals surface area contributed by atoms with E-state index in [0.29, 0.717) is 17.9 Å². The molecule has 2 rings (SSSR count). The van der Waals surface area contributed by atoms with Crippen molar-refractivity contribution in [3.8, 4) is 5.75 Å². The molecule has 0 aromatic heterocycles. The maximum absolute atomic E-state index is 12.1. The first kappa shape index (κ1) is 15.1. The summed E-state index contributed by atoms with van der Waals surface area (Å²) >= 11 is 0. The number of hydrogen-bond acceptors (Lipinski definition) is 3. The van der Waals surface area contributed by atoms with Gasteiger partial charge in [-0.3, -0.25) is 4.79 Å². The van der Waals surface area contributed by atoms with Gasteiger partial charge in [0.05, 0.1) is 13.2 Å². The van der Waals surface area contributed by atoms with Gasteiger partial charge in [0.1, 0.15) is 5.75 Å². The third kappa shape index (κ3) is 4.07. The Morgan fingerprint density at radius 1 is 1.10 bits per heavy atom. The molecule has 2 aromatic carbocycles. The van der Waals surface area contributed by atoms with E-state index in [2.05, 4.69) is 5.32 Å². The summed E-state index contributed by atoms with van der Waals surface area (Å²) in [6.45, 7) is 0.413. The van der Waals surface area contributed by atoms with E-state index in [0.717, 1.165) is 5.56 Å². The van der Waals surface area contributed by atoms with Crippen molar-refractivity contribution in [3.05, 3.63) is 65.7 Å². The van der Waals surface area contributed by atoms with E-state index in [1.807, 2.05) is 30.3 Å². The maximum atomic E-state index is 12.1. The van der Waals surface area contributed by atoms with E-state index < -0.39 is 0 Å². The zero-order valence-corrected chi connectivity index (χ0v) is 12.2. The van der Waals surface area contributed by atoms with E-state index >= 15 is 0 Å². The Balaban J connectivity index is 1.99. The zero-order chi connectivity index (χ0) is 15.1. The number of benzene rings is 2. The van der Waals surface area contributed by atoms with Crippen LogP contribution in [0.25, 0.3) is 0 Å². The van der Waals surface area contributed by atoms with Crippen LogP contribution in [-0.2, 0) is 4.74 Å². The van der Waals surface area contributed by atoms with Crippen LogP contribution in [0, 0.1) is 0 Å². The molecule has 2 aromatic rings. The summed E-state index contributed by atoms with van der Waals surface area (Å²) in [5.74, 6) is 0.515. The molecular formula is C17H19NO3. The number of carbonyl (C=O) groups is 1. The fourth-order valence-corrected chi connectivity index (χ4v) is 2.06. The number of nitrogens with one attached hydrogen (secondary N) is 1. The Labute approximate surface area is 124 Å². The third-order valence-electron chi connectivity index (χ3n) is 3.24. The summed E-state index contributed by atoms with van der Waals surface area (Å²) in [6.07, 6.45) is -0.166. The van der Waals surface area contributed by atoms with E-state index in [4.69, 9.17) is 9.47 Å². The fourth-order valence-electron chi connectivity index (χ4n) is 2.06. The van der Waals surface area contributed by atoms with Crippen LogP contribution in [-0.4, -0.2) is 26.7 Å². The van der Waals surface area contributed by atoms with Crippen LogP contribution in [0.15, 0.2) is 54.6 Å². The second-order valence-electron chi connectivity index (χ2n) is 4.58. The van der Waals surface area contributed by atoms with Crippen molar-refractivity contribution >= 4 is 5.91 Å². The summed E-state index contributed by atoms with van der Waals surface area (Å²) in [4.78, 5) is 12.1. The minimum absolute atomic E-state index is 0.146. The highest BCUT2D eigenvalue weighted by molar-refractivity contribution is 5.94. The van der Waals surface area contributed by atoms with Gasteiger partial charge in [0, 0.05) is 19.2 Å². The van der Waals surface area contributed by atoms with Gasteiger partial charge < -0.3 is 14.8 Å². The lowest BCUT2D eigenvalue weighted by Gasteiger charge is -2.16. The van der Waals surface area contributed by atoms with Gasteiger partial charge in [0.15, 0.2) is 0 Å². The Kier molecular flexibility index (Phi) is 5.35. The molecule has 0 fully saturated rings. The van der Waals surface area contributed by atoms with Crippen molar-refractivity contribution in [2.24, 2.45) is 0 Å². The van der Waals surface area contributed by atoms with Gasteiger partial charge in [-0.05, 0) is 23.8 Å². The molecule has 0 radical (unpaired) electrons. The molecular weight excluding hydrogens is 266 g/mol. The lowest BCUT2D eigenvalue weighted by Crippen LogP contribution is -2.29. The summed E-state index contributed by atoms with van der Waals surface area (Å²) in [6, 6.07) is 16.9. The molecule has 1 N–H and O–H groups in total. The predicted octanol–water partition coefficient (Wildman–Crippen LogP) is 2.81. The molecule has 0 saturated carbocycles. The van der Waals surface area contributed by atoms with E-state index in [9.17, 15) is 4.79 Å². The van der Waals surface area contributed by atoms with Gasteiger partial charge in [-0.25, -0.2) is 0 Å². The van der Waals surface area contributed by atoms with Crippen molar-refractivity contribution in [3.63, 3.8) is 0 Å². The molecule has 4 nitrogen and oxygen atoms in total. The Hall–Kier alpha value is -2.33. The van der Waals surface area contributed by atoms with Gasteiger partial charge >= 0.3 is 0 Å². The van der Waals surface area contributed by atoms with Gasteiger partial charge in [0.2, 0.25) is 0 Å². The lowest BCUT2D eigenvalue weighted by atomic mass is 10.1. The quantitative estimate of drug-likeness (QED) is 0.887. The molecule has 0 saturated heterocycles. The molecule has 0 bridgehead atoms. The van der Waals surface area contributed by atoms with Crippen molar-refractivity contribution < 1.29 is 14.3 Å². The van der Waals surface area contributed by atoms with E-state index in [-0.39, 0.29) is 12.0 Å². The maximum Gasteiger partial charge on any atom is 0.251 e. The first-order valence-corrected chi connectivity index (χ1v) is 6.74. The molecule has 1 atom stereocenters. The fraction of sp³-hybridized carbons (Fsp3) is 0.235. The highest BCUT2D eigenvalue weighted by atomic mass is 16.5. The molecule has 1 amide bonds. The molecule has 21 heavy (non-hydrogen) atoms. The average Bonchev–Trinajstić information content (AvgIpc) is 2.56. The summed E-state index contributed by atoms with van der Waals surface area (Å²) in [5, 5.41) is 2.88. The topological polar surface area (TPSA) is 47.6 Å². The molecule has 0 heterocycles. The molecule has 4 heteroatoms. The molecule has 0 aliphatic carbocycles. The van der Waals surface area contributed by atoms with Gasteiger partial charge in [0.25, 0.3) is 5.91 Å². The minimum Gasteiger partial charge on any atom is -0.497 e. The second-order valence-corrected chi connectivity index (χ2v) is 4.58. The Morgan fingerprint density at radius 3 is 2.52 bits per heavy atom. The van der Waals surface area contributed by atoms with Crippen LogP contribution >= 0.6 is 0 Å². The lowest BCUT2D eigenvalue weighted by molar-refractivity contribution is 0.0827. The van der Waals surface area contributed by atoms with Gasteiger partial charge in [-0.1, -0.05) is 36.4 Å². The minimum atomic E-state index is -0.166. The summed E-state index contributed by atoms with van der Waals surface area (Å²) < 4.78 is 10.5. The van der Waals surface area contributed by atoms with Crippen LogP contribution in [0.3, 0.4) is 0 Å². The first-order chi connectivity index (χ1) is 10.2. The monoisotopic (exact) mass is 285 g/mol. The third-order valence-corrected chi connectivity index (χ3v) is 3.24. The number of carbonyl (C=O) groups excluding carboxylic acids is 1. The summed E-state index contributed by atoms with van der Waals surface area (Å²) in [7, 11) is 3.21. The number of methoxy groups -OCH3 is 2. The number of rotatable bonds is 6. The van der Waals surface area contributed by atoms with Crippen LogP contribution < -0.4 is 10.1 Å². The average molecular weight is 285 g/mol. The van der Waals surface area contributed by atoms with E-state index in [1.165, 1.54) is 0 Å². The molecule has 0 aliphatic heterocycles. The summed E-state index contributed by atoms with van der Waals surface area (Å²) in [5.41, 5.74) is 1.60. The zero-order valence-electron chi connectivity index (χ0n) is 12.2. The van der Waals surface area contributed by atoms with Gasteiger partial charge in [-0.2, -0.15) is 0 Å². The second kappa shape index (κ2) is 7.45. The number of hydrogen-bond donors (Lipinski definition) is 1. The number of ether oxygens (including phenoxy) is 2. The SMILES string of the molecule is COc1cccc(C(=O)NCC(OC)c2ccccc2)c1. The van der Waals surface area contributed by atoms with Gasteiger partial charge in [-0.15, -0.1) is 0 Å². The molecule has 1 unspecified atom stereocenters. The normalized spacial score (nSPS) is 11.7. The van der Waals surface area contributed by atoms with E-state index in [1.54, 1.807) is 38.5 Å². The Morgan fingerprint density at radius 2 is 1.86 bits per heavy atom. The smallest absolute Gasteiger partial charge is 0.251 e. The van der Waals surface area contributed by atoms with Crippen LogP contribution in [0.2, 0.25) is 0 Å². The largest absolute Gasteiger partial charge is 0.497 e. The highest BCUT2D eigenvalue weighted by Gasteiger charge is 2.13. The van der Waals surface area contributed by atoms with Crippen molar-refractivity contribution in [2.75, 3.05) is 20.8 Å². The van der Waals surface area contributed by atoms with Crippen molar-refractivity contribution in [2.45, 2.75) is 6.10 Å². The predicted molar refractivity (Wildman–Crippen MR) is 81.5 cm³/mol. The Bertz CT molecular complexity index is 584. The molecule has 0 spiro atoms. The van der Waals surface area contributed by atoms with Crippen molar-refractivity contribution in [1.82, 2.24) is 5.32 Å². The highest BCUT2D eigenvalue weighted by Crippen LogP contribution is 2.16. The number of amides is 1. The molecule has 0 aliphatic rings. The van der Waals surface area contributed by atoms with Crippen LogP contribution in [0.4, 0.5) is 0 Å². The van der Waals surface area contributed by atoms with Crippen molar-refractivity contribution in [1.29, 1.82) is 0 Å². The standard InChI is InChI=1S/C17H19NO3/c1-20-15-10-6-9-14(11-15)17(19)18-12-16(21-2)13-7-4-3-5-8-13/h3-11,16H,12H2,1-2H3,(H,18,19).